The largest absolute Gasteiger partial charge is 0.292 e. The first kappa shape index (κ1) is 18.7. The zero-order valence-electron chi connectivity index (χ0n) is 14.0. The third-order valence-corrected chi connectivity index (χ3v) is 5.17. The standard InChI is InChI=1S/C19H12ClN3O3S/c1-11-2-4-12(5-3-11)17-10-27-19(22-17)15(9-21)18(24)14-8-13(23(25)26)6-7-16(14)20/h2-8,10,15H,1H3. The third kappa shape index (κ3) is 3.87. The maximum atomic E-state index is 12.8. The summed E-state index contributed by atoms with van der Waals surface area (Å²) in [7, 11) is 0. The number of hydrogen-bond acceptors (Lipinski definition) is 6. The van der Waals surface area contributed by atoms with Crippen molar-refractivity contribution in [2.45, 2.75) is 12.8 Å². The Morgan fingerprint density at radius 3 is 2.63 bits per heavy atom. The normalized spacial score (nSPS) is 11.6. The van der Waals surface area contributed by atoms with Crippen LogP contribution in [0.2, 0.25) is 5.02 Å². The number of aryl methyl sites for hydroxylation is 1. The van der Waals surface area contributed by atoms with Crippen LogP contribution in [-0.4, -0.2) is 15.7 Å². The first-order chi connectivity index (χ1) is 12.9. The Morgan fingerprint density at radius 2 is 2.00 bits per heavy atom. The van der Waals surface area contributed by atoms with Crippen molar-refractivity contribution in [3.05, 3.63) is 79.1 Å². The molecule has 0 aliphatic rings. The number of benzene rings is 2. The fourth-order valence-corrected chi connectivity index (χ4v) is 3.55. The van der Waals surface area contributed by atoms with Crippen molar-refractivity contribution in [3.8, 4) is 17.3 Å². The van der Waals surface area contributed by atoms with Gasteiger partial charge in [-0.1, -0.05) is 41.4 Å². The summed E-state index contributed by atoms with van der Waals surface area (Å²) in [6.45, 7) is 1.98. The number of thiazole rings is 1. The monoisotopic (exact) mass is 397 g/mol. The zero-order chi connectivity index (χ0) is 19.6. The van der Waals surface area contributed by atoms with Gasteiger partial charge in [0.25, 0.3) is 5.69 Å². The summed E-state index contributed by atoms with van der Waals surface area (Å²) < 4.78 is 0. The van der Waals surface area contributed by atoms with E-state index in [9.17, 15) is 20.2 Å². The van der Waals surface area contributed by atoms with E-state index in [4.69, 9.17) is 11.6 Å². The first-order valence-corrected chi connectivity index (χ1v) is 9.06. The molecule has 0 saturated carbocycles. The van der Waals surface area contributed by atoms with Crippen molar-refractivity contribution in [2.75, 3.05) is 0 Å². The highest BCUT2D eigenvalue weighted by atomic mass is 35.5. The van der Waals surface area contributed by atoms with E-state index in [-0.39, 0.29) is 16.3 Å². The molecule has 0 N–H and O–H groups in total. The number of nitrogens with zero attached hydrogens (tertiary/aromatic N) is 3. The Morgan fingerprint density at radius 1 is 1.30 bits per heavy atom. The summed E-state index contributed by atoms with van der Waals surface area (Å²) in [5.74, 6) is -1.80. The lowest BCUT2D eigenvalue weighted by Crippen LogP contribution is -2.12. The number of nitro groups is 1. The molecule has 6 nitrogen and oxygen atoms in total. The van der Waals surface area contributed by atoms with Crippen LogP contribution in [0, 0.1) is 28.4 Å². The van der Waals surface area contributed by atoms with Crippen LogP contribution in [0.4, 0.5) is 5.69 Å². The predicted octanol–water partition coefficient (Wildman–Crippen LogP) is 5.17. The summed E-state index contributed by atoms with van der Waals surface area (Å²) in [6.07, 6.45) is 0. The van der Waals surface area contributed by atoms with Gasteiger partial charge in [-0.05, 0) is 13.0 Å². The highest BCUT2D eigenvalue weighted by molar-refractivity contribution is 7.10. The average Bonchev–Trinajstić information content (AvgIpc) is 3.12. The molecule has 8 heteroatoms. The lowest BCUT2D eigenvalue weighted by Gasteiger charge is -2.07. The number of rotatable bonds is 5. The van der Waals surface area contributed by atoms with Crippen molar-refractivity contribution < 1.29 is 9.72 Å². The van der Waals surface area contributed by atoms with Gasteiger partial charge in [-0.2, -0.15) is 5.26 Å². The molecule has 1 heterocycles. The van der Waals surface area contributed by atoms with E-state index >= 15 is 0 Å². The van der Waals surface area contributed by atoms with Crippen LogP contribution < -0.4 is 0 Å². The van der Waals surface area contributed by atoms with Crippen molar-refractivity contribution in [1.29, 1.82) is 5.26 Å². The van der Waals surface area contributed by atoms with Crippen LogP contribution in [0.25, 0.3) is 11.3 Å². The van der Waals surface area contributed by atoms with Crippen LogP contribution in [0.3, 0.4) is 0 Å². The van der Waals surface area contributed by atoms with Crippen molar-refractivity contribution >= 4 is 34.4 Å². The van der Waals surface area contributed by atoms with E-state index in [0.29, 0.717) is 10.7 Å². The molecule has 3 aromatic rings. The van der Waals surface area contributed by atoms with Gasteiger partial charge in [-0.15, -0.1) is 11.3 Å². The molecule has 0 fully saturated rings. The minimum absolute atomic E-state index is 0.0566. The van der Waals surface area contributed by atoms with Gasteiger partial charge in [0.15, 0.2) is 11.7 Å². The molecule has 3 rings (SSSR count). The van der Waals surface area contributed by atoms with Gasteiger partial charge in [0.1, 0.15) is 5.01 Å². The summed E-state index contributed by atoms with van der Waals surface area (Å²) in [4.78, 5) is 27.6. The van der Waals surface area contributed by atoms with Gasteiger partial charge in [0.05, 0.1) is 21.7 Å². The molecule has 0 aliphatic carbocycles. The number of hydrogen-bond donors (Lipinski definition) is 0. The van der Waals surface area contributed by atoms with Crippen LogP contribution in [0.1, 0.15) is 26.8 Å². The lowest BCUT2D eigenvalue weighted by molar-refractivity contribution is -0.384. The highest BCUT2D eigenvalue weighted by Crippen LogP contribution is 2.31. The number of carbonyl (C=O) groups excluding carboxylic acids is 1. The maximum absolute atomic E-state index is 12.8. The Hall–Kier alpha value is -3.08. The number of non-ortho nitro benzene ring substituents is 1. The van der Waals surface area contributed by atoms with Gasteiger partial charge in [0.2, 0.25) is 0 Å². The van der Waals surface area contributed by atoms with Crippen LogP contribution in [-0.2, 0) is 0 Å². The molecule has 134 valence electrons. The number of carbonyl (C=O) groups is 1. The number of Topliss-reactive ketones (excluding diaryl/α,β-unsaturated/α-hetero) is 1. The molecule has 0 bridgehead atoms. The van der Waals surface area contributed by atoms with Gasteiger partial charge >= 0.3 is 0 Å². The average molecular weight is 398 g/mol. The molecule has 0 saturated heterocycles. The SMILES string of the molecule is Cc1ccc(-c2csc(C(C#N)C(=O)c3cc([N+](=O)[O-])ccc3Cl)n2)cc1. The molecule has 0 radical (unpaired) electrons. The third-order valence-electron chi connectivity index (χ3n) is 3.93. The maximum Gasteiger partial charge on any atom is 0.270 e. The summed E-state index contributed by atoms with van der Waals surface area (Å²) >= 11 is 7.22. The Bertz CT molecular complexity index is 1070. The molecule has 27 heavy (non-hydrogen) atoms. The summed E-state index contributed by atoms with van der Waals surface area (Å²) in [5.41, 5.74) is 2.32. The Labute approximate surface area is 163 Å². The molecule has 1 atom stereocenters. The minimum Gasteiger partial charge on any atom is -0.292 e. The number of halogens is 1. The van der Waals surface area contributed by atoms with E-state index in [1.165, 1.54) is 23.5 Å². The van der Waals surface area contributed by atoms with E-state index in [2.05, 4.69) is 4.98 Å². The van der Waals surface area contributed by atoms with Crippen LogP contribution in [0.15, 0.2) is 47.8 Å². The molecule has 0 spiro atoms. The summed E-state index contributed by atoms with van der Waals surface area (Å²) in [5, 5.41) is 22.6. The lowest BCUT2D eigenvalue weighted by atomic mass is 9.99. The summed E-state index contributed by atoms with van der Waals surface area (Å²) in [6, 6.07) is 13.2. The molecular formula is C19H12ClN3O3S. The molecule has 2 aromatic carbocycles. The zero-order valence-corrected chi connectivity index (χ0v) is 15.6. The first-order valence-electron chi connectivity index (χ1n) is 7.81. The minimum atomic E-state index is -1.19. The molecule has 1 aromatic heterocycles. The van der Waals surface area contributed by atoms with E-state index in [1.54, 1.807) is 5.38 Å². The van der Waals surface area contributed by atoms with Crippen molar-refractivity contribution in [1.82, 2.24) is 4.98 Å². The van der Waals surface area contributed by atoms with Crippen LogP contribution in [0.5, 0.6) is 0 Å². The van der Waals surface area contributed by atoms with Crippen LogP contribution >= 0.6 is 22.9 Å². The topological polar surface area (TPSA) is 96.9 Å². The molecule has 0 aliphatic heterocycles. The van der Waals surface area contributed by atoms with E-state index in [1.807, 2.05) is 37.3 Å². The second kappa shape index (κ2) is 7.66. The fourth-order valence-electron chi connectivity index (χ4n) is 2.47. The number of nitro benzene ring substituents is 1. The van der Waals surface area contributed by atoms with Crippen molar-refractivity contribution in [3.63, 3.8) is 0 Å². The number of aromatic nitrogens is 1. The van der Waals surface area contributed by atoms with Gasteiger partial charge in [-0.25, -0.2) is 4.98 Å². The van der Waals surface area contributed by atoms with E-state index in [0.717, 1.165) is 17.2 Å². The number of ketones is 1. The fraction of sp³-hybridized carbons (Fsp3) is 0.105. The Kier molecular flexibility index (Phi) is 5.31. The van der Waals surface area contributed by atoms with Crippen molar-refractivity contribution in [2.24, 2.45) is 0 Å². The quantitative estimate of drug-likeness (QED) is 0.336. The number of nitriles is 1. The van der Waals surface area contributed by atoms with Gasteiger partial charge in [0, 0.05) is 28.6 Å². The van der Waals surface area contributed by atoms with Gasteiger partial charge in [-0.3, -0.25) is 14.9 Å². The van der Waals surface area contributed by atoms with Gasteiger partial charge < -0.3 is 0 Å². The second-order valence-corrected chi connectivity index (χ2v) is 7.08. The predicted molar refractivity (Wildman–Crippen MR) is 103 cm³/mol. The molecule has 1 unspecified atom stereocenters. The Balaban J connectivity index is 1.95. The van der Waals surface area contributed by atoms with E-state index < -0.39 is 16.6 Å². The smallest absolute Gasteiger partial charge is 0.270 e. The second-order valence-electron chi connectivity index (χ2n) is 5.78. The molecule has 0 amide bonds. The highest BCUT2D eigenvalue weighted by Gasteiger charge is 2.28. The molecular weight excluding hydrogens is 386 g/mol.